The van der Waals surface area contributed by atoms with Crippen LogP contribution in [0.2, 0.25) is 5.02 Å². The molecule has 2 aliphatic heterocycles. The number of piperidine rings is 1. The number of amides is 1. The number of fused-ring (bicyclic) bond motifs is 2. The number of H-pyrrole nitrogens is 1. The summed E-state index contributed by atoms with van der Waals surface area (Å²) in [6.45, 7) is 4.52. The second-order valence-corrected chi connectivity index (χ2v) is 19.8. The fourth-order valence-electron chi connectivity index (χ4n) is 10.3. The van der Waals surface area contributed by atoms with E-state index in [0.29, 0.717) is 44.1 Å². The Labute approximate surface area is 375 Å². The molecule has 1 spiro atoms. The van der Waals surface area contributed by atoms with Gasteiger partial charge in [0.05, 0.1) is 28.1 Å². The summed E-state index contributed by atoms with van der Waals surface area (Å²) in [5.74, 6) is -0.292. The predicted molar refractivity (Wildman–Crippen MR) is 241 cm³/mol. The quantitative estimate of drug-likeness (QED) is 0.0587. The number of rotatable bonds is 13. The number of aromatic nitrogens is 2. The van der Waals surface area contributed by atoms with E-state index < -0.39 is 37.9 Å². The number of benzene rings is 3. The maximum atomic E-state index is 14.0. The Hall–Kier alpha value is -5.36. The number of carbonyl (C=O) groups is 1. The number of carbonyl (C=O) groups excluding carboxylic acids is 1. The zero-order chi connectivity index (χ0) is 44.6. The number of sulfonamides is 1. The Bertz CT molecular complexity index is 2640. The topological polar surface area (TPSA) is 166 Å². The van der Waals surface area contributed by atoms with Gasteiger partial charge < -0.3 is 19.9 Å². The molecule has 0 bridgehead atoms. The van der Waals surface area contributed by atoms with E-state index in [4.69, 9.17) is 16.3 Å². The van der Waals surface area contributed by atoms with Crippen molar-refractivity contribution in [2.75, 3.05) is 62.6 Å². The van der Waals surface area contributed by atoms with Gasteiger partial charge in [-0.25, -0.2) is 26.9 Å². The Morgan fingerprint density at radius 3 is 2.58 bits per heavy atom. The molecule has 9 rings (SSSR count). The third kappa shape index (κ3) is 9.39. The Morgan fingerprint density at radius 2 is 1.81 bits per heavy atom. The van der Waals surface area contributed by atoms with Crippen LogP contribution < -0.4 is 19.7 Å². The molecule has 2 aliphatic carbocycles. The maximum absolute atomic E-state index is 14.0. The molecule has 338 valence electrons. The highest BCUT2D eigenvalue weighted by molar-refractivity contribution is 7.90. The number of anilines is 2. The molecule has 3 fully saturated rings. The van der Waals surface area contributed by atoms with Crippen molar-refractivity contribution in [2.24, 2.45) is 11.3 Å². The van der Waals surface area contributed by atoms with E-state index >= 15 is 0 Å². The SMILES string of the molecule is O=C(NS(=O)(=O)c1ccc(NCC2CC3(CCN(CC(F)F)CC3)C2)c([N+](=O)[O-])c1)c1ccc(N2CCN([C@@H]3CCCCc4c(Cl)cccc43)CC2)cc1Oc1cnc2[nH]ccc2c1. The maximum Gasteiger partial charge on any atom is 0.293 e. The molecule has 2 aromatic heterocycles. The van der Waals surface area contributed by atoms with Gasteiger partial charge in [0, 0.05) is 73.2 Å². The van der Waals surface area contributed by atoms with Crippen molar-refractivity contribution in [1.29, 1.82) is 0 Å². The number of nitrogens with zero attached hydrogens (tertiary/aromatic N) is 5. The lowest BCUT2D eigenvalue weighted by Gasteiger charge is -2.52. The fraction of sp³-hybridized carbons (Fsp3) is 0.435. The zero-order valence-corrected chi connectivity index (χ0v) is 36.9. The van der Waals surface area contributed by atoms with Crippen LogP contribution in [0.25, 0.3) is 11.0 Å². The van der Waals surface area contributed by atoms with Crippen LogP contribution in [0.1, 0.15) is 72.5 Å². The molecule has 4 heterocycles. The van der Waals surface area contributed by atoms with E-state index in [1.165, 1.54) is 35.5 Å². The Balaban J connectivity index is 0.890. The molecular weight excluding hydrogens is 866 g/mol. The normalized spacial score (nSPS) is 19.6. The molecule has 4 aliphatic rings. The van der Waals surface area contributed by atoms with Gasteiger partial charge in [-0.05, 0) is 123 Å². The van der Waals surface area contributed by atoms with Gasteiger partial charge in [-0.15, -0.1) is 0 Å². The van der Waals surface area contributed by atoms with E-state index in [2.05, 4.69) is 35.9 Å². The highest BCUT2D eigenvalue weighted by atomic mass is 35.5. The third-order valence-corrected chi connectivity index (χ3v) is 15.3. The first-order chi connectivity index (χ1) is 30.8. The van der Waals surface area contributed by atoms with Gasteiger partial charge in [0.2, 0.25) is 0 Å². The zero-order valence-electron chi connectivity index (χ0n) is 35.3. The minimum absolute atomic E-state index is 0.0576. The number of hydrogen-bond acceptors (Lipinski definition) is 11. The lowest BCUT2D eigenvalue weighted by molar-refractivity contribution is -0.384. The first-order valence-corrected chi connectivity index (χ1v) is 23.8. The lowest BCUT2D eigenvalue weighted by Crippen LogP contribution is -2.49. The second kappa shape index (κ2) is 18.3. The molecular formula is C46H51ClF2N8O6S. The van der Waals surface area contributed by atoms with Crippen molar-refractivity contribution in [2.45, 2.75) is 68.7 Å². The van der Waals surface area contributed by atoms with Crippen molar-refractivity contribution in [1.82, 2.24) is 24.5 Å². The molecule has 5 aromatic rings. The molecule has 1 amide bonds. The van der Waals surface area contributed by atoms with Crippen molar-refractivity contribution in [3.05, 3.63) is 111 Å². The van der Waals surface area contributed by atoms with Gasteiger partial charge in [0.15, 0.2) is 0 Å². The number of nitro groups is 1. The van der Waals surface area contributed by atoms with Crippen molar-refractivity contribution in [3.63, 3.8) is 0 Å². The van der Waals surface area contributed by atoms with Crippen molar-refractivity contribution < 1.29 is 31.7 Å². The van der Waals surface area contributed by atoms with Gasteiger partial charge in [-0.1, -0.05) is 30.2 Å². The molecule has 1 saturated carbocycles. The van der Waals surface area contributed by atoms with Crippen LogP contribution in [0.15, 0.2) is 84.0 Å². The molecule has 18 heteroatoms. The van der Waals surface area contributed by atoms with Crippen LogP contribution in [0.4, 0.5) is 25.8 Å². The number of likely N-dealkylation sites (tertiary alicyclic amines) is 1. The number of hydrogen-bond donors (Lipinski definition) is 3. The number of nitro benzene ring substituents is 1. The summed E-state index contributed by atoms with van der Waals surface area (Å²) in [6, 6.07) is 18.6. The monoisotopic (exact) mass is 916 g/mol. The molecule has 14 nitrogen and oxygen atoms in total. The highest BCUT2D eigenvalue weighted by Crippen LogP contribution is 2.52. The van der Waals surface area contributed by atoms with Crippen LogP contribution in [0.3, 0.4) is 0 Å². The van der Waals surface area contributed by atoms with Gasteiger partial charge >= 0.3 is 0 Å². The molecule has 0 radical (unpaired) electrons. The summed E-state index contributed by atoms with van der Waals surface area (Å²) in [5, 5.41) is 17.0. The molecule has 3 aromatic carbocycles. The lowest BCUT2D eigenvalue weighted by atomic mass is 9.57. The standard InChI is InChI=1S/C46H51ClF2N8O6S/c47-38-6-3-5-36-35(38)4-1-2-7-40(36)56-20-18-55(19-21-56)32-8-10-37(42(23-32)63-33-22-31-12-15-50-44(31)52-28-33)45(58)53-64(61,62)34-9-11-39(41(24-34)57(59)60)51-27-30-25-46(26-30)13-16-54(17-14-46)29-43(48)49/h3,5-6,8-12,15,22-24,28,30,40,43,51H,1-2,4,7,13-14,16-21,25-27,29H2,(H,50,52)(H,53,58)/t40-/m1/s1. The largest absolute Gasteiger partial charge is 0.455 e. The Morgan fingerprint density at radius 1 is 1.02 bits per heavy atom. The average Bonchev–Trinajstić information content (AvgIpc) is 3.62. The van der Waals surface area contributed by atoms with E-state index in [1.807, 2.05) is 18.2 Å². The first-order valence-electron chi connectivity index (χ1n) is 21.9. The number of nitrogens with one attached hydrogen (secondary N) is 3. The summed E-state index contributed by atoms with van der Waals surface area (Å²) in [6.07, 6.45) is 8.64. The van der Waals surface area contributed by atoms with Crippen molar-refractivity contribution in [3.8, 4) is 11.5 Å². The molecule has 3 N–H and O–H groups in total. The average molecular weight is 917 g/mol. The summed E-state index contributed by atoms with van der Waals surface area (Å²) < 4.78 is 61.6. The number of pyridine rings is 1. The van der Waals surface area contributed by atoms with Crippen LogP contribution in [-0.2, 0) is 16.4 Å². The van der Waals surface area contributed by atoms with Crippen LogP contribution in [-0.4, -0.2) is 97.8 Å². The number of alkyl halides is 2. The number of aromatic amines is 1. The van der Waals surface area contributed by atoms with Gasteiger partial charge in [0.25, 0.3) is 28.0 Å². The summed E-state index contributed by atoms with van der Waals surface area (Å²) in [4.78, 5) is 39.1. The van der Waals surface area contributed by atoms with E-state index in [9.17, 15) is 32.1 Å². The van der Waals surface area contributed by atoms with E-state index in [-0.39, 0.29) is 40.9 Å². The first kappa shape index (κ1) is 43.9. The van der Waals surface area contributed by atoms with Crippen LogP contribution in [0, 0.1) is 21.4 Å². The van der Waals surface area contributed by atoms with E-state index in [1.54, 1.807) is 29.3 Å². The molecule has 0 unspecified atom stereocenters. The predicted octanol–water partition coefficient (Wildman–Crippen LogP) is 8.79. The minimum Gasteiger partial charge on any atom is -0.455 e. The smallest absolute Gasteiger partial charge is 0.293 e. The van der Waals surface area contributed by atoms with Crippen molar-refractivity contribution >= 4 is 55.6 Å². The second-order valence-electron chi connectivity index (χ2n) is 17.7. The number of halogens is 3. The fourth-order valence-corrected chi connectivity index (χ4v) is 11.6. The van der Waals surface area contributed by atoms with E-state index in [0.717, 1.165) is 86.6 Å². The van der Waals surface area contributed by atoms with Gasteiger partial charge in [-0.2, -0.15) is 0 Å². The van der Waals surface area contributed by atoms with Gasteiger partial charge in [-0.3, -0.25) is 24.7 Å². The third-order valence-electron chi connectivity index (χ3n) is 13.6. The Kier molecular flexibility index (Phi) is 12.5. The number of piperazine rings is 1. The molecule has 1 atom stereocenters. The molecule has 2 saturated heterocycles. The van der Waals surface area contributed by atoms with Gasteiger partial charge in [0.1, 0.15) is 22.8 Å². The summed E-state index contributed by atoms with van der Waals surface area (Å²) in [5.41, 5.74) is 3.75. The van der Waals surface area contributed by atoms with Crippen LogP contribution in [0.5, 0.6) is 11.5 Å². The molecule has 64 heavy (non-hydrogen) atoms. The summed E-state index contributed by atoms with van der Waals surface area (Å²) >= 11 is 6.65. The minimum atomic E-state index is -4.60. The summed E-state index contributed by atoms with van der Waals surface area (Å²) in [7, 11) is -4.60. The van der Waals surface area contributed by atoms with Crippen LogP contribution >= 0.6 is 11.6 Å². The number of ether oxygens (including phenoxy) is 1. The highest BCUT2D eigenvalue weighted by Gasteiger charge is 2.45.